The SMILES string of the molecule is CCC1(C)NC(=O)C(C(C)(C)C)N(CCSC)C1=O. The Labute approximate surface area is 120 Å². The van der Waals surface area contributed by atoms with Crippen LogP contribution in [-0.4, -0.2) is 46.8 Å². The van der Waals surface area contributed by atoms with Gasteiger partial charge in [0.25, 0.3) is 0 Å². The molecule has 1 heterocycles. The zero-order valence-corrected chi connectivity index (χ0v) is 13.7. The summed E-state index contributed by atoms with van der Waals surface area (Å²) in [5.41, 5.74) is -1.01. The average Bonchev–Trinajstić information content (AvgIpc) is 2.30. The summed E-state index contributed by atoms with van der Waals surface area (Å²) in [5, 5.41) is 2.92. The predicted molar refractivity (Wildman–Crippen MR) is 80.2 cm³/mol. The third kappa shape index (κ3) is 3.25. The largest absolute Gasteiger partial charge is 0.340 e. The number of hydrogen-bond acceptors (Lipinski definition) is 3. The van der Waals surface area contributed by atoms with E-state index in [9.17, 15) is 9.59 Å². The van der Waals surface area contributed by atoms with E-state index in [1.807, 2.05) is 40.9 Å². The molecule has 0 aromatic carbocycles. The summed E-state index contributed by atoms with van der Waals surface area (Å²) < 4.78 is 0. The van der Waals surface area contributed by atoms with Crippen LogP contribution in [0.1, 0.15) is 41.0 Å². The molecule has 2 unspecified atom stereocenters. The average molecular weight is 286 g/mol. The maximum Gasteiger partial charge on any atom is 0.248 e. The fourth-order valence-electron chi connectivity index (χ4n) is 2.49. The Bertz CT molecular complexity index is 365. The van der Waals surface area contributed by atoms with E-state index in [2.05, 4.69) is 5.32 Å². The fourth-order valence-corrected chi connectivity index (χ4v) is 2.87. The van der Waals surface area contributed by atoms with Gasteiger partial charge >= 0.3 is 0 Å². The Morgan fingerprint density at radius 3 is 2.37 bits per heavy atom. The number of amides is 2. The molecule has 1 N–H and O–H groups in total. The molecule has 2 atom stereocenters. The van der Waals surface area contributed by atoms with Crippen molar-refractivity contribution in [1.29, 1.82) is 0 Å². The van der Waals surface area contributed by atoms with Gasteiger partial charge in [-0.3, -0.25) is 9.59 Å². The number of nitrogens with zero attached hydrogens (tertiary/aromatic N) is 1. The number of nitrogens with one attached hydrogen (secondary N) is 1. The zero-order valence-electron chi connectivity index (χ0n) is 12.9. The van der Waals surface area contributed by atoms with Crippen molar-refractivity contribution >= 4 is 23.6 Å². The monoisotopic (exact) mass is 286 g/mol. The van der Waals surface area contributed by atoms with Crippen LogP contribution in [0.3, 0.4) is 0 Å². The lowest BCUT2D eigenvalue weighted by atomic mass is 9.80. The number of rotatable bonds is 4. The van der Waals surface area contributed by atoms with Crippen molar-refractivity contribution in [3.63, 3.8) is 0 Å². The standard InChI is InChI=1S/C14H26N2O2S/c1-7-14(5)12(18)16(8-9-19-6)10(11(17)15-14)13(2,3)4/h10H,7-9H2,1-6H3,(H,15,17). The van der Waals surface area contributed by atoms with Gasteiger partial charge in [-0.15, -0.1) is 0 Å². The summed E-state index contributed by atoms with van der Waals surface area (Å²) in [4.78, 5) is 26.9. The molecule has 1 fully saturated rings. The highest BCUT2D eigenvalue weighted by Crippen LogP contribution is 2.31. The van der Waals surface area contributed by atoms with Crippen molar-refractivity contribution < 1.29 is 9.59 Å². The minimum absolute atomic E-state index is 0.0300. The molecule has 2 amide bonds. The molecule has 0 aromatic heterocycles. The Morgan fingerprint density at radius 2 is 1.95 bits per heavy atom. The Morgan fingerprint density at radius 1 is 1.37 bits per heavy atom. The molecule has 0 aromatic rings. The molecule has 0 saturated carbocycles. The number of carbonyl (C=O) groups is 2. The van der Waals surface area contributed by atoms with Gasteiger partial charge in [0, 0.05) is 12.3 Å². The van der Waals surface area contributed by atoms with Gasteiger partial charge in [-0.2, -0.15) is 11.8 Å². The van der Waals surface area contributed by atoms with Crippen LogP contribution >= 0.6 is 11.8 Å². The highest BCUT2D eigenvalue weighted by molar-refractivity contribution is 7.98. The molecule has 0 spiro atoms. The topological polar surface area (TPSA) is 49.4 Å². The molecule has 110 valence electrons. The first-order chi connectivity index (χ1) is 8.67. The maximum absolute atomic E-state index is 12.7. The highest BCUT2D eigenvalue weighted by atomic mass is 32.2. The van der Waals surface area contributed by atoms with E-state index < -0.39 is 5.54 Å². The summed E-state index contributed by atoms with van der Waals surface area (Å²) in [5.74, 6) is 0.868. The van der Waals surface area contributed by atoms with E-state index in [-0.39, 0.29) is 23.3 Å². The minimum atomic E-state index is -0.753. The first kappa shape index (κ1) is 16.3. The Hall–Kier alpha value is -0.710. The first-order valence-corrected chi connectivity index (χ1v) is 8.19. The van der Waals surface area contributed by atoms with Crippen molar-refractivity contribution in [1.82, 2.24) is 10.2 Å². The van der Waals surface area contributed by atoms with Crippen LogP contribution in [0.2, 0.25) is 0 Å². The second-order valence-electron chi connectivity index (χ2n) is 6.43. The number of piperazine rings is 1. The van der Waals surface area contributed by atoms with Crippen molar-refractivity contribution in [3.05, 3.63) is 0 Å². The molecule has 0 aliphatic carbocycles. The van der Waals surface area contributed by atoms with Gasteiger partial charge in [0.2, 0.25) is 11.8 Å². The summed E-state index contributed by atoms with van der Waals surface area (Å²) in [7, 11) is 0. The third-order valence-corrected chi connectivity index (χ3v) is 4.35. The van der Waals surface area contributed by atoms with Crippen molar-refractivity contribution in [2.24, 2.45) is 5.41 Å². The normalized spacial score (nSPS) is 28.5. The predicted octanol–water partition coefficient (Wildman–Crippen LogP) is 1.89. The first-order valence-electron chi connectivity index (χ1n) is 6.79. The van der Waals surface area contributed by atoms with Gasteiger partial charge in [0.05, 0.1) is 0 Å². The quantitative estimate of drug-likeness (QED) is 0.858. The van der Waals surface area contributed by atoms with E-state index in [4.69, 9.17) is 0 Å². The number of carbonyl (C=O) groups excluding carboxylic acids is 2. The van der Waals surface area contributed by atoms with Gasteiger partial charge in [-0.05, 0) is 25.0 Å². The van der Waals surface area contributed by atoms with E-state index in [1.165, 1.54) is 0 Å². The van der Waals surface area contributed by atoms with Crippen LogP contribution in [0.15, 0.2) is 0 Å². The van der Waals surface area contributed by atoms with Gasteiger partial charge in [0.15, 0.2) is 0 Å². The molecular formula is C14H26N2O2S. The molecule has 0 radical (unpaired) electrons. The second-order valence-corrected chi connectivity index (χ2v) is 7.42. The second kappa shape index (κ2) is 5.73. The summed E-state index contributed by atoms with van der Waals surface area (Å²) >= 11 is 1.69. The molecule has 19 heavy (non-hydrogen) atoms. The number of hydrogen-bond donors (Lipinski definition) is 1. The Kier molecular flexibility index (Phi) is 4.93. The van der Waals surface area contributed by atoms with Gasteiger partial charge in [-0.25, -0.2) is 0 Å². The van der Waals surface area contributed by atoms with Crippen molar-refractivity contribution in [3.8, 4) is 0 Å². The van der Waals surface area contributed by atoms with E-state index in [0.717, 1.165) is 5.75 Å². The van der Waals surface area contributed by atoms with E-state index >= 15 is 0 Å². The molecule has 5 heteroatoms. The van der Waals surface area contributed by atoms with Crippen LogP contribution in [0, 0.1) is 5.41 Å². The minimum Gasteiger partial charge on any atom is -0.340 e. The van der Waals surface area contributed by atoms with Gasteiger partial charge in [-0.1, -0.05) is 27.7 Å². The molecule has 1 rings (SSSR count). The van der Waals surface area contributed by atoms with Crippen LogP contribution < -0.4 is 5.32 Å². The van der Waals surface area contributed by atoms with Crippen molar-refractivity contribution in [2.45, 2.75) is 52.6 Å². The summed E-state index contributed by atoms with van der Waals surface area (Å²) in [6.07, 6.45) is 2.63. The van der Waals surface area contributed by atoms with Crippen LogP contribution in [0.4, 0.5) is 0 Å². The fraction of sp³-hybridized carbons (Fsp3) is 0.857. The Balaban J connectivity index is 3.11. The summed E-state index contributed by atoms with van der Waals surface area (Å²) in [6, 6.07) is -0.383. The summed E-state index contributed by atoms with van der Waals surface area (Å²) in [6.45, 7) is 10.4. The van der Waals surface area contributed by atoms with Gasteiger partial charge in [0.1, 0.15) is 11.6 Å². The molecule has 4 nitrogen and oxygen atoms in total. The smallest absolute Gasteiger partial charge is 0.248 e. The molecule has 1 aliphatic rings. The highest BCUT2D eigenvalue weighted by Gasteiger charge is 2.50. The lowest BCUT2D eigenvalue weighted by Gasteiger charge is -2.48. The molecule has 1 aliphatic heterocycles. The van der Waals surface area contributed by atoms with Crippen LogP contribution in [-0.2, 0) is 9.59 Å². The number of thioether (sulfide) groups is 1. The van der Waals surface area contributed by atoms with Crippen LogP contribution in [0.5, 0.6) is 0 Å². The molecular weight excluding hydrogens is 260 g/mol. The molecule has 0 bridgehead atoms. The van der Waals surface area contributed by atoms with Gasteiger partial charge < -0.3 is 10.2 Å². The van der Waals surface area contributed by atoms with E-state index in [1.54, 1.807) is 16.7 Å². The van der Waals surface area contributed by atoms with Crippen molar-refractivity contribution in [2.75, 3.05) is 18.6 Å². The lowest BCUT2D eigenvalue weighted by molar-refractivity contribution is -0.158. The molecule has 1 saturated heterocycles. The third-order valence-electron chi connectivity index (χ3n) is 3.76. The lowest BCUT2D eigenvalue weighted by Crippen LogP contribution is -2.71. The maximum atomic E-state index is 12.7. The van der Waals surface area contributed by atoms with E-state index in [0.29, 0.717) is 13.0 Å². The zero-order chi connectivity index (χ0) is 14.8. The van der Waals surface area contributed by atoms with Crippen LogP contribution in [0.25, 0.3) is 0 Å².